The summed E-state index contributed by atoms with van der Waals surface area (Å²) < 4.78 is 15.4. The van der Waals surface area contributed by atoms with Gasteiger partial charge in [0.1, 0.15) is 12.2 Å². The molecule has 4 atom stereocenters. The van der Waals surface area contributed by atoms with Crippen LogP contribution in [0.15, 0.2) is 170 Å². The Morgan fingerprint density at radius 3 is 0.958 bits per heavy atom. The summed E-state index contributed by atoms with van der Waals surface area (Å²) in [7, 11) is 0. The number of benzene rings is 6. The van der Waals surface area contributed by atoms with Gasteiger partial charge in [-0.05, 0) is 57.6 Å². The molecular formula is C42H32O6. The maximum atomic E-state index is 12.0. The van der Waals surface area contributed by atoms with Gasteiger partial charge in [0.05, 0.1) is 11.1 Å². The average molecular weight is 633 g/mol. The summed E-state index contributed by atoms with van der Waals surface area (Å²) in [5.41, 5.74) is 2.08. The number of carboxylic acid groups (broad SMARTS) is 2. The summed E-state index contributed by atoms with van der Waals surface area (Å²) in [6.45, 7) is 0. The van der Waals surface area contributed by atoms with Gasteiger partial charge in [0, 0.05) is 0 Å². The lowest BCUT2D eigenvalue weighted by atomic mass is 9.64. The van der Waals surface area contributed by atoms with Crippen LogP contribution in [0.5, 0.6) is 0 Å². The van der Waals surface area contributed by atoms with Gasteiger partial charge in [-0.25, -0.2) is 9.59 Å². The minimum Gasteiger partial charge on any atom is -0.478 e. The van der Waals surface area contributed by atoms with Gasteiger partial charge in [-0.2, -0.15) is 0 Å². The van der Waals surface area contributed by atoms with Crippen LogP contribution < -0.4 is 0 Å². The molecule has 1 heterocycles. The summed E-state index contributed by atoms with van der Waals surface area (Å²) in [6.07, 6.45) is -1.24. The number of ether oxygens (including phenoxy) is 2. The van der Waals surface area contributed by atoms with Crippen LogP contribution >= 0.6 is 0 Å². The summed E-state index contributed by atoms with van der Waals surface area (Å²) in [4.78, 5) is 24.1. The lowest BCUT2D eigenvalue weighted by Gasteiger charge is -2.58. The van der Waals surface area contributed by atoms with Gasteiger partial charge in [-0.15, -0.1) is 0 Å². The molecule has 0 radical (unpaired) electrons. The number of hydrogen-bond donors (Lipinski definition) is 2. The number of carboxylic acids is 2. The van der Waals surface area contributed by atoms with Crippen molar-refractivity contribution >= 4 is 11.9 Å². The molecule has 1 aliphatic heterocycles. The van der Waals surface area contributed by atoms with Crippen LogP contribution in [0.1, 0.15) is 66.3 Å². The zero-order valence-electron chi connectivity index (χ0n) is 25.8. The Balaban J connectivity index is 1.63. The highest BCUT2D eigenvalue weighted by Gasteiger charge is 2.64. The molecule has 48 heavy (non-hydrogen) atoms. The van der Waals surface area contributed by atoms with Gasteiger partial charge in [0.15, 0.2) is 11.2 Å². The van der Waals surface area contributed by atoms with Gasteiger partial charge in [-0.1, -0.05) is 146 Å². The van der Waals surface area contributed by atoms with Gasteiger partial charge in [0.2, 0.25) is 0 Å². The Hall–Kier alpha value is -5.82. The Bertz CT molecular complexity index is 1860. The number of carbonyl (C=O) groups is 2. The predicted octanol–water partition coefficient (Wildman–Crippen LogP) is 8.80. The molecule has 6 aromatic carbocycles. The van der Waals surface area contributed by atoms with Crippen LogP contribution in [-0.4, -0.2) is 22.2 Å². The monoisotopic (exact) mass is 632 g/mol. The van der Waals surface area contributed by atoms with Crippen LogP contribution in [0.25, 0.3) is 0 Å². The fourth-order valence-corrected chi connectivity index (χ4v) is 6.90. The van der Waals surface area contributed by atoms with Crippen LogP contribution in [0.2, 0.25) is 0 Å². The lowest BCUT2D eigenvalue weighted by Crippen LogP contribution is -2.59. The predicted molar refractivity (Wildman–Crippen MR) is 182 cm³/mol. The lowest BCUT2D eigenvalue weighted by molar-refractivity contribution is -0.307. The zero-order valence-corrected chi connectivity index (χ0v) is 25.8. The van der Waals surface area contributed by atoms with Crippen molar-refractivity contribution in [3.63, 3.8) is 0 Å². The highest BCUT2D eigenvalue weighted by Crippen LogP contribution is 2.63. The van der Waals surface area contributed by atoms with Crippen LogP contribution in [0.3, 0.4) is 0 Å². The molecule has 6 aromatic rings. The quantitative estimate of drug-likeness (QED) is 0.174. The van der Waals surface area contributed by atoms with Gasteiger partial charge in [-0.3, -0.25) is 0 Å². The number of aromatic carboxylic acids is 2. The molecule has 7 rings (SSSR count). The standard InChI is InChI=1S/C42H32O6/c43-39(44)31-21-25-35(26-22-31)41(33-17-9-3-10-18-33)42(34-19-11-4-12-20-34,36-27-23-32(24-28-36)40(45)46)48-38(30-15-7-2-8-16-30)37(47-41)29-13-5-1-6-14-29/h1-28,37-38H,(H,43,44)(H,45,46). The fourth-order valence-electron chi connectivity index (χ4n) is 6.90. The van der Waals surface area contributed by atoms with E-state index in [0.717, 1.165) is 22.3 Å². The average Bonchev–Trinajstić information content (AvgIpc) is 3.15. The topological polar surface area (TPSA) is 93.1 Å². The highest BCUT2D eigenvalue weighted by atomic mass is 16.6. The van der Waals surface area contributed by atoms with E-state index >= 15 is 0 Å². The van der Waals surface area contributed by atoms with Crippen molar-refractivity contribution in [1.82, 2.24) is 0 Å². The molecule has 1 saturated heterocycles. The maximum absolute atomic E-state index is 12.0. The third-order valence-electron chi connectivity index (χ3n) is 9.07. The molecule has 0 aromatic heterocycles. The van der Waals surface area contributed by atoms with Crippen molar-refractivity contribution in [2.45, 2.75) is 23.4 Å². The molecule has 2 N–H and O–H groups in total. The van der Waals surface area contributed by atoms with Crippen molar-refractivity contribution < 1.29 is 29.3 Å². The van der Waals surface area contributed by atoms with E-state index in [4.69, 9.17) is 9.47 Å². The first-order valence-corrected chi connectivity index (χ1v) is 15.7. The molecule has 0 bridgehead atoms. The minimum atomic E-state index is -1.43. The second-order valence-corrected chi connectivity index (χ2v) is 11.8. The van der Waals surface area contributed by atoms with E-state index in [0.29, 0.717) is 11.1 Å². The van der Waals surface area contributed by atoms with Crippen LogP contribution in [0, 0.1) is 0 Å². The van der Waals surface area contributed by atoms with Crippen LogP contribution in [0.4, 0.5) is 0 Å². The third-order valence-corrected chi connectivity index (χ3v) is 9.07. The largest absolute Gasteiger partial charge is 0.478 e. The van der Waals surface area contributed by atoms with Crippen molar-refractivity contribution in [3.05, 3.63) is 214 Å². The SMILES string of the molecule is O=C(O)c1ccc(C2(c3ccccc3)OC(c3ccccc3)C(c3ccccc3)OC2(c2ccccc2)c2ccc(C(=O)O)cc2)cc1. The molecular weight excluding hydrogens is 600 g/mol. The van der Waals surface area contributed by atoms with Crippen molar-refractivity contribution in [2.24, 2.45) is 0 Å². The number of rotatable bonds is 8. The molecule has 0 saturated carbocycles. The number of hydrogen-bond acceptors (Lipinski definition) is 4. The van der Waals surface area contributed by atoms with E-state index in [1.54, 1.807) is 48.5 Å². The summed E-state index contributed by atoms with van der Waals surface area (Å²) in [5.74, 6) is -2.08. The second kappa shape index (κ2) is 12.8. The van der Waals surface area contributed by atoms with E-state index in [1.165, 1.54) is 0 Å². The Morgan fingerprint density at radius 1 is 0.396 bits per heavy atom. The first-order valence-electron chi connectivity index (χ1n) is 15.7. The van der Waals surface area contributed by atoms with E-state index in [2.05, 4.69) is 0 Å². The molecule has 0 aliphatic carbocycles. The molecule has 0 amide bonds. The minimum absolute atomic E-state index is 0.136. The van der Waals surface area contributed by atoms with E-state index in [9.17, 15) is 19.8 Å². The smallest absolute Gasteiger partial charge is 0.335 e. The Labute approximate surface area is 278 Å². The summed E-state index contributed by atoms with van der Waals surface area (Å²) in [5, 5.41) is 19.7. The highest BCUT2D eigenvalue weighted by molar-refractivity contribution is 5.88. The van der Waals surface area contributed by atoms with Gasteiger partial charge >= 0.3 is 11.9 Å². The Morgan fingerprint density at radius 2 is 0.667 bits per heavy atom. The molecule has 236 valence electrons. The van der Waals surface area contributed by atoms with Crippen LogP contribution in [-0.2, 0) is 20.7 Å². The molecule has 6 heteroatoms. The maximum Gasteiger partial charge on any atom is 0.335 e. The van der Waals surface area contributed by atoms with Gasteiger partial charge < -0.3 is 19.7 Å². The molecule has 6 nitrogen and oxygen atoms in total. The van der Waals surface area contributed by atoms with E-state index in [-0.39, 0.29) is 11.1 Å². The molecule has 4 unspecified atom stereocenters. The van der Waals surface area contributed by atoms with Gasteiger partial charge in [0.25, 0.3) is 0 Å². The van der Waals surface area contributed by atoms with E-state index in [1.807, 2.05) is 121 Å². The van der Waals surface area contributed by atoms with Crippen molar-refractivity contribution in [1.29, 1.82) is 0 Å². The second-order valence-electron chi connectivity index (χ2n) is 11.8. The third kappa shape index (κ3) is 5.17. The van der Waals surface area contributed by atoms with E-state index < -0.39 is 35.3 Å². The zero-order chi connectivity index (χ0) is 33.1. The molecule has 1 aliphatic rings. The summed E-state index contributed by atoms with van der Waals surface area (Å²) >= 11 is 0. The van der Waals surface area contributed by atoms with Crippen molar-refractivity contribution in [3.8, 4) is 0 Å². The molecule has 0 spiro atoms. The normalized spacial score (nSPS) is 22.1. The fraction of sp³-hybridized carbons (Fsp3) is 0.0952. The van der Waals surface area contributed by atoms with Crippen molar-refractivity contribution in [2.75, 3.05) is 0 Å². The Kier molecular flexibility index (Phi) is 8.19. The summed E-state index contributed by atoms with van der Waals surface area (Å²) in [6, 6.07) is 52.9. The first kappa shape index (κ1) is 30.8. The first-order chi connectivity index (χ1) is 23.4. The molecule has 1 fully saturated rings.